The highest BCUT2D eigenvalue weighted by Crippen LogP contribution is 2.57. The zero-order valence-corrected chi connectivity index (χ0v) is 10.4. The number of amides is 1. The normalized spacial score (nSPS) is 28.3. The lowest BCUT2D eigenvalue weighted by atomic mass is 10.1. The van der Waals surface area contributed by atoms with E-state index in [4.69, 9.17) is 5.26 Å². The second-order valence-electron chi connectivity index (χ2n) is 5.42. The van der Waals surface area contributed by atoms with E-state index in [0.29, 0.717) is 17.4 Å². The van der Waals surface area contributed by atoms with Gasteiger partial charge in [0.05, 0.1) is 11.6 Å². The Balaban J connectivity index is 1.73. The van der Waals surface area contributed by atoms with Crippen molar-refractivity contribution in [2.24, 2.45) is 17.8 Å². The van der Waals surface area contributed by atoms with E-state index < -0.39 is 0 Å². The van der Waals surface area contributed by atoms with Crippen LogP contribution < -0.4 is 5.32 Å². The molecule has 2 saturated carbocycles. The number of aryl methyl sites for hydroxylation is 1. The number of nitrogens with zero attached hydrogens (tertiary/aromatic N) is 1. The summed E-state index contributed by atoms with van der Waals surface area (Å²) in [5.74, 6) is 1.63. The summed E-state index contributed by atoms with van der Waals surface area (Å²) < 4.78 is 0. The third-order valence-corrected chi connectivity index (χ3v) is 4.33. The molecule has 2 aliphatic carbocycles. The van der Waals surface area contributed by atoms with Gasteiger partial charge in [0.1, 0.15) is 0 Å². The molecule has 92 valence electrons. The summed E-state index contributed by atoms with van der Waals surface area (Å²) in [5, 5.41) is 11.9. The van der Waals surface area contributed by atoms with Crippen LogP contribution >= 0.6 is 0 Å². The van der Waals surface area contributed by atoms with Gasteiger partial charge in [-0.2, -0.15) is 5.26 Å². The molecule has 18 heavy (non-hydrogen) atoms. The average Bonchev–Trinajstić information content (AvgIpc) is 2.86. The van der Waals surface area contributed by atoms with Gasteiger partial charge in [-0.25, -0.2) is 0 Å². The van der Waals surface area contributed by atoms with Crippen LogP contribution in [0.25, 0.3) is 0 Å². The number of carbonyl (C=O) groups is 1. The Labute approximate surface area is 107 Å². The molecule has 2 aliphatic rings. The highest BCUT2D eigenvalue weighted by Gasteiger charge is 2.56. The van der Waals surface area contributed by atoms with Crippen LogP contribution in [0, 0.1) is 36.0 Å². The minimum absolute atomic E-state index is 0.142. The van der Waals surface area contributed by atoms with Crippen molar-refractivity contribution in [2.45, 2.75) is 26.2 Å². The van der Waals surface area contributed by atoms with E-state index in [1.165, 1.54) is 19.3 Å². The maximum atomic E-state index is 12.1. The van der Waals surface area contributed by atoms with Gasteiger partial charge in [0.15, 0.2) is 0 Å². The van der Waals surface area contributed by atoms with Gasteiger partial charge in [-0.05, 0) is 49.3 Å². The van der Waals surface area contributed by atoms with Crippen molar-refractivity contribution in [2.75, 3.05) is 5.32 Å². The van der Waals surface area contributed by atoms with Crippen LogP contribution in [0.4, 0.5) is 5.69 Å². The van der Waals surface area contributed by atoms with E-state index in [1.54, 1.807) is 12.1 Å². The number of hydrogen-bond donors (Lipinski definition) is 1. The smallest absolute Gasteiger partial charge is 0.228 e. The lowest BCUT2D eigenvalue weighted by Crippen LogP contribution is -2.17. The predicted molar refractivity (Wildman–Crippen MR) is 68.8 cm³/mol. The van der Waals surface area contributed by atoms with Gasteiger partial charge in [-0.3, -0.25) is 4.79 Å². The first-order valence-electron chi connectivity index (χ1n) is 6.52. The second-order valence-corrected chi connectivity index (χ2v) is 5.42. The van der Waals surface area contributed by atoms with Crippen molar-refractivity contribution in [1.82, 2.24) is 0 Å². The number of carbonyl (C=O) groups excluding carboxylic acids is 1. The van der Waals surface area contributed by atoms with E-state index in [2.05, 4.69) is 11.4 Å². The quantitative estimate of drug-likeness (QED) is 0.864. The molecule has 1 amide bonds. The summed E-state index contributed by atoms with van der Waals surface area (Å²) in [6.45, 7) is 1.95. The highest BCUT2D eigenvalue weighted by molar-refractivity contribution is 5.95. The minimum Gasteiger partial charge on any atom is -0.326 e. The topological polar surface area (TPSA) is 52.9 Å². The van der Waals surface area contributed by atoms with Crippen LogP contribution in [0.2, 0.25) is 0 Å². The molecule has 2 unspecified atom stereocenters. The molecule has 0 aromatic heterocycles. The first-order valence-corrected chi connectivity index (χ1v) is 6.52. The lowest BCUT2D eigenvalue weighted by Gasteiger charge is -2.09. The van der Waals surface area contributed by atoms with E-state index in [9.17, 15) is 4.79 Å². The Morgan fingerprint density at radius 2 is 2.11 bits per heavy atom. The summed E-state index contributed by atoms with van der Waals surface area (Å²) in [6.07, 6.45) is 3.70. The first-order chi connectivity index (χ1) is 8.70. The molecule has 0 heterocycles. The second kappa shape index (κ2) is 4.13. The largest absolute Gasteiger partial charge is 0.326 e. The SMILES string of the molecule is Cc1ccc(C#N)cc1NC(=O)C1C2CCCC21. The summed E-state index contributed by atoms with van der Waals surface area (Å²) in [4.78, 5) is 12.1. The van der Waals surface area contributed by atoms with E-state index >= 15 is 0 Å². The zero-order chi connectivity index (χ0) is 12.7. The fraction of sp³-hybridized carbons (Fsp3) is 0.467. The molecule has 3 nitrogen and oxygen atoms in total. The maximum Gasteiger partial charge on any atom is 0.228 e. The van der Waals surface area contributed by atoms with Gasteiger partial charge in [0.25, 0.3) is 0 Å². The Bertz CT molecular complexity index is 534. The monoisotopic (exact) mass is 240 g/mol. The van der Waals surface area contributed by atoms with Gasteiger partial charge in [-0.15, -0.1) is 0 Å². The third-order valence-electron chi connectivity index (χ3n) is 4.33. The Morgan fingerprint density at radius 1 is 1.39 bits per heavy atom. The van der Waals surface area contributed by atoms with Crippen LogP contribution in [-0.4, -0.2) is 5.91 Å². The number of hydrogen-bond acceptors (Lipinski definition) is 2. The standard InChI is InChI=1S/C15H16N2O/c1-9-5-6-10(8-16)7-13(9)17-15(18)14-11-3-2-4-12(11)14/h5-7,11-12,14H,2-4H2,1H3,(H,17,18). The molecule has 0 aliphatic heterocycles. The van der Waals surface area contributed by atoms with Crippen LogP contribution in [0.3, 0.4) is 0 Å². The van der Waals surface area contributed by atoms with Crippen LogP contribution in [0.5, 0.6) is 0 Å². The Hall–Kier alpha value is -1.82. The van der Waals surface area contributed by atoms with Crippen molar-refractivity contribution in [3.8, 4) is 6.07 Å². The van der Waals surface area contributed by atoms with Gasteiger partial charge in [0, 0.05) is 11.6 Å². The summed E-state index contributed by atoms with van der Waals surface area (Å²) in [6, 6.07) is 7.51. The number of anilines is 1. The summed E-state index contributed by atoms with van der Waals surface area (Å²) >= 11 is 0. The van der Waals surface area contributed by atoms with Crippen molar-refractivity contribution < 1.29 is 4.79 Å². The van der Waals surface area contributed by atoms with Gasteiger partial charge in [0.2, 0.25) is 5.91 Å². The van der Waals surface area contributed by atoms with Crippen LogP contribution in [0.15, 0.2) is 18.2 Å². The molecule has 2 fully saturated rings. The number of nitrogens with one attached hydrogen (secondary N) is 1. The molecule has 0 radical (unpaired) electrons. The molecule has 0 saturated heterocycles. The van der Waals surface area contributed by atoms with Crippen molar-refractivity contribution >= 4 is 11.6 Å². The molecule has 3 rings (SSSR count). The van der Waals surface area contributed by atoms with Crippen molar-refractivity contribution in [1.29, 1.82) is 5.26 Å². The van der Waals surface area contributed by atoms with Crippen LogP contribution in [-0.2, 0) is 4.79 Å². The molecule has 1 aromatic carbocycles. The number of fused-ring (bicyclic) bond motifs is 1. The molecule has 2 atom stereocenters. The lowest BCUT2D eigenvalue weighted by molar-refractivity contribution is -0.118. The third kappa shape index (κ3) is 1.78. The van der Waals surface area contributed by atoms with Crippen LogP contribution in [0.1, 0.15) is 30.4 Å². The maximum absolute atomic E-state index is 12.1. The average molecular weight is 240 g/mol. The molecular weight excluding hydrogens is 224 g/mol. The summed E-state index contributed by atoms with van der Waals surface area (Å²) in [5.41, 5.74) is 2.38. The van der Waals surface area contributed by atoms with Gasteiger partial charge >= 0.3 is 0 Å². The minimum atomic E-state index is 0.142. The van der Waals surface area contributed by atoms with E-state index in [-0.39, 0.29) is 11.8 Å². The summed E-state index contributed by atoms with van der Waals surface area (Å²) in [7, 11) is 0. The highest BCUT2D eigenvalue weighted by atomic mass is 16.2. The Kier molecular flexibility index (Phi) is 2.59. The first kappa shape index (κ1) is 11.3. The molecule has 1 N–H and O–H groups in total. The number of nitriles is 1. The van der Waals surface area contributed by atoms with Crippen molar-refractivity contribution in [3.05, 3.63) is 29.3 Å². The fourth-order valence-electron chi connectivity index (χ4n) is 3.25. The predicted octanol–water partition coefficient (Wildman–Crippen LogP) is 2.85. The number of rotatable bonds is 2. The molecule has 0 spiro atoms. The molecule has 1 aromatic rings. The fourth-order valence-corrected chi connectivity index (χ4v) is 3.25. The number of benzene rings is 1. The van der Waals surface area contributed by atoms with Gasteiger partial charge < -0.3 is 5.32 Å². The Morgan fingerprint density at radius 3 is 2.78 bits per heavy atom. The zero-order valence-electron chi connectivity index (χ0n) is 10.4. The van der Waals surface area contributed by atoms with Gasteiger partial charge in [-0.1, -0.05) is 12.5 Å². The van der Waals surface area contributed by atoms with E-state index in [0.717, 1.165) is 11.3 Å². The molecule has 0 bridgehead atoms. The van der Waals surface area contributed by atoms with Crippen molar-refractivity contribution in [3.63, 3.8) is 0 Å². The molecular formula is C15H16N2O. The molecule has 3 heteroatoms. The van der Waals surface area contributed by atoms with E-state index in [1.807, 2.05) is 13.0 Å².